The quantitative estimate of drug-likeness (QED) is 0.143. The predicted octanol–water partition coefficient (Wildman–Crippen LogP) is 7.38. The molecule has 0 saturated heterocycles. The van der Waals surface area contributed by atoms with Gasteiger partial charge in [-0.05, 0) is 18.9 Å². The van der Waals surface area contributed by atoms with Crippen molar-refractivity contribution in [1.29, 1.82) is 0 Å². The molecule has 0 bridgehead atoms. The summed E-state index contributed by atoms with van der Waals surface area (Å²) in [6.07, 6.45) is 26.4. The summed E-state index contributed by atoms with van der Waals surface area (Å²) in [6.45, 7) is 2.28. The molecule has 0 heterocycles. The van der Waals surface area contributed by atoms with Crippen molar-refractivity contribution in [2.24, 2.45) is 0 Å². The number of hydrogen-bond donors (Lipinski definition) is 2. The van der Waals surface area contributed by atoms with Crippen LogP contribution in [0.1, 0.15) is 116 Å². The molecular formula is C20H41O3P. The Labute approximate surface area is 151 Å². The van der Waals surface area contributed by atoms with Crippen LogP contribution in [0.25, 0.3) is 0 Å². The Balaban J connectivity index is 3.01. The summed E-state index contributed by atoms with van der Waals surface area (Å²) in [5.74, 6) is 0. The fraction of sp³-hybridized carbons (Fsp3) is 0.900. The van der Waals surface area contributed by atoms with Gasteiger partial charge in [-0.1, -0.05) is 103 Å². The molecule has 24 heavy (non-hydrogen) atoms. The van der Waals surface area contributed by atoms with Crippen LogP contribution in [0.5, 0.6) is 0 Å². The van der Waals surface area contributed by atoms with Crippen molar-refractivity contribution in [3.63, 3.8) is 0 Å². The smallest absolute Gasteiger partial charge is 0.390 e. The van der Waals surface area contributed by atoms with Crippen molar-refractivity contribution < 1.29 is 14.3 Å². The normalized spacial score (nSPS) is 11.7. The average Bonchev–Trinajstić information content (AvgIpc) is 2.56. The summed E-state index contributed by atoms with van der Waals surface area (Å²) in [6, 6.07) is 0. The Bertz CT molecular complexity index is 257. The third kappa shape index (κ3) is 21.9. The molecule has 0 atom stereocenters. The zero-order valence-corrected chi connectivity index (χ0v) is 16.8. The maximum Gasteiger partial charge on any atom is 0.390 e. The van der Waals surface area contributed by atoms with Crippen LogP contribution in [0, 0.1) is 0 Å². The average molecular weight is 361 g/mol. The number of unbranched alkanes of at least 4 members (excludes halogenated alkanes) is 16. The summed E-state index contributed by atoms with van der Waals surface area (Å²) >= 11 is 0. The number of rotatable bonds is 19. The molecule has 0 aliphatic heterocycles. The van der Waals surface area contributed by atoms with Crippen molar-refractivity contribution in [2.75, 3.05) is 0 Å². The van der Waals surface area contributed by atoms with Gasteiger partial charge in [0.1, 0.15) is 0 Å². The molecule has 0 saturated carbocycles. The van der Waals surface area contributed by atoms with Gasteiger partial charge in [-0.3, -0.25) is 0 Å². The van der Waals surface area contributed by atoms with E-state index in [-0.39, 0.29) is 0 Å². The van der Waals surface area contributed by atoms with E-state index in [4.69, 9.17) is 9.79 Å². The molecule has 3 nitrogen and oxygen atoms in total. The third-order valence-corrected chi connectivity index (χ3v) is 4.79. The van der Waals surface area contributed by atoms with Gasteiger partial charge in [-0.15, -0.1) is 0 Å². The van der Waals surface area contributed by atoms with Crippen LogP contribution in [0.3, 0.4) is 0 Å². The monoisotopic (exact) mass is 360 g/mol. The molecule has 0 fully saturated rings. The highest BCUT2D eigenvalue weighted by Gasteiger charge is 1.95. The van der Waals surface area contributed by atoms with E-state index >= 15 is 0 Å². The minimum absolute atomic E-state index is 0.960. The molecule has 0 unspecified atom stereocenters. The first-order chi connectivity index (χ1) is 11.8. The fourth-order valence-electron chi connectivity index (χ4n) is 2.98. The summed E-state index contributed by atoms with van der Waals surface area (Å²) in [5.41, 5.74) is 0. The Kier molecular flexibility index (Phi) is 20.8. The van der Waals surface area contributed by atoms with Crippen molar-refractivity contribution in [3.8, 4) is 0 Å². The minimum atomic E-state index is -2.23. The summed E-state index contributed by atoms with van der Waals surface area (Å²) < 4.78 is 4.57. The second-order valence-corrected chi connectivity index (χ2v) is 7.54. The molecular weight excluding hydrogens is 319 g/mol. The zero-order chi connectivity index (χ0) is 17.7. The van der Waals surface area contributed by atoms with Crippen LogP contribution >= 0.6 is 8.60 Å². The van der Waals surface area contributed by atoms with E-state index in [1.807, 2.05) is 6.08 Å². The predicted molar refractivity (Wildman–Crippen MR) is 106 cm³/mol. The molecule has 0 rings (SSSR count). The molecule has 0 amide bonds. The maximum absolute atomic E-state index is 8.54. The summed E-state index contributed by atoms with van der Waals surface area (Å²) in [4.78, 5) is 17.1. The summed E-state index contributed by atoms with van der Waals surface area (Å²) in [7, 11) is -2.23. The van der Waals surface area contributed by atoms with Crippen molar-refractivity contribution in [3.05, 3.63) is 12.3 Å². The number of hydrogen-bond acceptors (Lipinski definition) is 3. The lowest BCUT2D eigenvalue weighted by molar-refractivity contribution is 0.341. The van der Waals surface area contributed by atoms with Crippen molar-refractivity contribution >= 4 is 8.60 Å². The van der Waals surface area contributed by atoms with Gasteiger partial charge in [0, 0.05) is 0 Å². The largest absolute Gasteiger partial charge is 0.435 e. The molecule has 0 radical (unpaired) electrons. The van der Waals surface area contributed by atoms with Gasteiger partial charge in [0.2, 0.25) is 0 Å². The standard InChI is InChI=1S/C20H41O3P/c1-2-3-4-5-6-7-8-9-10-11-12-13-14-15-16-17-18-19-20-23-24(21)22/h19-22H,2-18H2,1H3. The van der Waals surface area contributed by atoms with Crippen molar-refractivity contribution in [2.45, 2.75) is 116 Å². The molecule has 0 aromatic heterocycles. The minimum Gasteiger partial charge on any atom is -0.435 e. The Morgan fingerprint density at radius 1 is 0.625 bits per heavy atom. The lowest BCUT2D eigenvalue weighted by atomic mass is 10.0. The second kappa shape index (κ2) is 20.9. The van der Waals surface area contributed by atoms with Gasteiger partial charge in [-0.25, -0.2) is 0 Å². The number of allylic oxidation sites excluding steroid dienone is 1. The van der Waals surface area contributed by atoms with E-state index in [1.54, 1.807) is 0 Å². The molecule has 4 heteroatoms. The molecule has 0 aliphatic rings. The molecule has 0 spiro atoms. The van der Waals surface area contributed by atoms with Crippen LogP contribution in [0.4, 0.5) is 0 Å². The van der Waals surface area contributed by atoms with Crippen LogP contribution in [0.2, 0.25) is 0 Å². The Morgan fingerprint density at radius 2 is 1.00 bits per heavy atom. The topological polar surface area (TPSA) is 49.7 Å². The van der Waals surface area contributed by atoms with E-state index in [0.29, 0.717) is 0 Å². The van der Waals surface area contributed by atoms with Crippen LogP contribution in [0.15, 0.2) is 12.3 Å². The lowest BCUT2D eigenvalue weighted by Gasteiger charge is -2.03. The first-order valence-electron chi connectivity index (χ1n) is 10.3. The highest BCUT2D eigenvalue weighted by Crippen LogP contribution is 2.24. The van der Waals surface area contributed by atoms with Crippen LogP contribution in [-0.2, 0) is 4.52 Å². The first-order valence-corrected chi connectivity index (χ1v) is 11.4. The summed E-state index contributed by atoms with van der Waals surface area (Å²) in [5, 5.41) is 0. The van der Waals surface area contributed by atoms with E-state index in [0.717, 1.165) is 12.8 Å². The Morgan fingerprint density at radius 3 is 1.38 bits per heavy atom. The third-order valence-electron chi connectivity index (χ3n) is 4.48. The van der Waals surface area contributed by atoms with Gasteiger partial charge in [0.15, 0.2) is 0 Å². The molecule has 0 aromatic rings. The second-order valence-electron chi connectivity index (χ2n) is 6.82. The zero-order valence-electron chi connectivity index (χ0n) is 15.9. The van der Waals surface area contributed by atoms with E-state index in [9.17, 15) is 0 Å². The van der Waals surface area contributed by atoms with Crippen molar-refractivity contribution in [1.82, 2.24) is 0 Å². The van der Waals surface area contributed by atoms with E-state index < -0.39 is 8.60 Å². The fourth-order valence-corrected chi connectivity index (χ4v) is 3.17. The highest BCUT2D eigenvalue weighted by molar-refractivity contribution is 7.39. The van der Waals surface area contributed by atoms with Gasteiger partial charge < -0.3 is 14.3 Å². The Hall–Kier alpha value is -0.110. The van der Waals surface area contributed by atoms with E-state index in [1.165, 1.54) is 103 Å². The lowest BCUT2D eigenvalue weighted by Crippen LogP contribution is -1.83. The SMILES string of the molecule is CCCCCCCCCCCCCCCCCCC=COP(O)O. The van der Waals surface area contributed by atoms with Gasteiger partial charge in [0.25, 0.3) is 0 Å². The molecule has 2 N–H and O–H groups in total. The van der Waals surface area contributed by atoms with Gasteiger partial charge in [0.05, 0.1) is 6.26 Å². The van der Waals surface area contributed by atoms with Crippen LogP contribution in [-0.4, -0.2) is 9.79 Å². The highest BCUT2D eigenvalue weighted by atomic mass is 31.2. The molecule has 0 aliphatic carbocycles. The maximum atomic E-state index is 8.54. The molecule has 144 valence electrons. The van der Waals surface area contributed by atoms with Crippen LogP contribution < -0.4 is 0 Å². The first kappa shape index (κ1) is 23.9. The van der Waals surface area contributed by atoms with Gasteiger partial charge >= 0.3 is 8.60 Å². The van der Waals surface area contributed by atoms with E-state index in [2.05, 4.69) is 11.4 Å². The molecule has 0 aromatic carbocycles. The van der Waals surface area contributed by atoms with Gasteiger partial charge in [-0.2, -0.15) is 0 Å².